The Hall–Kier alpha value is -0.0400. The summed E-state index contributed by atoms with van der Waals surface area (Å²) in [6.07, 6.45) is 0. The molecular formula is C12H27N. The molecule has 0 saturated heterocycles. The van der Waals surface area contributed by atoms with Crippen LogP contribution < -0.4 is 5.32 Å². The Kier molecular flexibility index (Phi) is 4.98. The van der Waals surface area contributed by atoms with Gasteiger partial charge in [-0.05, 0) is 24.2 Å². The van der Waals surface area contributed by atoms with Crippen LogP contribution in [0, 0.1) is 17.3 Å². The van der Waals surface area contributed by atoms with Crippen LogP contribution in [0.3, 0.4) is 0 Å². The lowest BCUT2D eigenvalue weighted by atomic mass is 9.81. The van der Waals surface area contributed by atoms with Crippen molar-refractivity contribution in [1.29, 1.82) is 0 Å². The zero-order valence-electron chi connectivity index (χ0n) is 10.4. The van der Waals surface area contributed by atoms with Gasteiger partial charge < -0.3 is 5.32 Å². The summed E-state index contributed by atoms with van der Waals surface area (Å²) in [4.78, 5) is 0. The Balaban J connectivity index is 3.88. The second kappa shape index (κ2) is 4.99. The molecule has 0 amide bonds. The quantitative estimate of drug-likeness (QED) is 0.693. The van der Waals surface area contributed by atoms with Gasteiger partial charge in [0.2, 0.25) is 0 Å². The molecule has 80 valence electrons. The van der Waals surface area contributed by atoms with Crippen LogP contribution in [-0.4, -0.2) is 12.6 Å². The van der Waals surface area contributed by atoms with E-state index in [1.807, 2.05) is 0 Å². The van der Waals surface area contributed by atoms with E-state index in [1.54, 1.807) is 0 Å². The normalized spacial score (nSPS) is 15.5. The van der Waals surface area contributed by atoms with Crippen molar-refractivity contribution >= 4 is 0 Å². The van der Waals surface area contributed by atoms with Gasteiger partial charge in [0.15, 0.2) is 0 Å². The molecule has 0 spiro atoms. The highest BCUT2D eigenvalue weighted by Gasteiger charge is 2.22. The largest absolute Gasteiger partial charge is 0.313 e. The fraction of sp³-hybridized carbons (Fsp3) is 1.00. The van der Waals surface area contributed by atoms with Crippen molar-refractivity contribution in [2.75, 3.05) is 6.54 Å². The number of nitrogens with one attached hydrogen (secondary N) is 1. The van der Waals surface area contributed by atoms with Crippen molar-refractivity contribution in [3.63, 3.8) is 0 Å². The molecule has 0 radical (unpaired) electrons. The molecule has 1 N–H and O–H groups in total. The van der Waals surface area contributed by atoms with Crippen LogP contribution in [0.15, 0.2) is 0 Å². The minimum atomic E-state index is 0.406. The van der Waals surface area contributed by atoms with Gasteiger partial charge in [-0.3, -0.25) is 0 Å². The van der Waals surface area contributed by atoms with E-state index < -0.39 is 0 Å². The lowest BCUT2D eigenvalue weighted by Crippen LogP contribution is -2.40. The van der Waals surface area contributed by atoms with Crippen molar-refractivity contribution in [3.8, 4) is 0 Å². The third-order valence-electron chi connectivity index (χ3n) is 3.44. The van der Waals surface area contributed by atoms with E-state index in [0.29, 0.717) is 11.5 Å². The van der Waals surface area contributed by atoms with Gasteiger partial charge in [0, 0.05) is 12.6 Å². The van der Waals surface area contributed by atoms with Crippen molar-refractivity contribution in [2.45, 2.75) is 54.5 Å². The van der Waals surface area contributed by atoms with E-state index in [9.17, 15) is 0 Å². The van der Waals surface area contributed by atoms with Gasteiger partial charge in [0.05, 0.1) is 0 Å². The van der Waals surface area contributed by atoms with Gasteiger partial charge in [0.25, 0.3) is 0 Å². The molecule has 0 bridgehead atoms. The predicted molar refractivity (Wildman–Crippen MR) is 60.9 cm³/mol. The predicted octanol–water partition coefficient (Wildman–Crippen LogP) is 3.30. The average molecular weight is 185 g/mol. The Bertz CT molecular complexity index is 136. The van der Waals surface area contributed by atoms with Gasteiger partial charge in [-0.15, -0.1) is 0 Å². The number of hydrogen-bond acceptors (Lipinski definition) is 1. The molecule has 0 heterocycles. The fourth-order valence-electron chi connectivity index (χ4n) is 0.864. The van der Waals surface area contributed by atoms with E-state index in [1.165, 1.54) is 0 Å². The first-order valence-electron chi connectivity index (χ1n) is 5.50. The maximum absolute atomic E-state index is 3.60. The van der Waals surface area contributed by atoms with E-state index in [0.717, 1.165) is 18.4 Å². The van der Waals surface area contributed by atoms with E-state index >= 15 is 0 Å². The van der Waals surface area contributed by atoms with Crippen LogP contribution in [0.1, 0.15) is 48.5 Å². The molecule has 1 heteroatoms. The molecule has 0 aliphatic carbocycles. The molecule has 0 fully saturated rings. The molecule has 0 aliphatic rings. The first-order chi connectivity index (χ1) is 5.77. The summed E-state index contributed by atoms with van der Waals surface area (Å²) in [7, 11) is 0. The Morgan fingerprint density at radius 1 is 1.00 bits per heavy atom. The van der Waals surface area contributed by atoms with Crippen LogP contribution in [0.2, 0.25) is 0 Å². The highest BCUT2D eigenvalue weighted by molar-refractivity contribution is 4.77. The SMILES string of the molecule is CC(C)C(C)NCC(C)(C)C(C)C. The Morgan fingerprint density at radius 3 is 1.77 bits per heavy atom. The highest BCUT2D eigenvalue weighted by atomic mass is 14.9. The molecule has 0 aromatic heterocycles. The minimum Gasteiger partial charge on any atom is -0.313 e. The molecule has 0 rings (SSSR count). The van der Waals surface area contributed by atoms with Crippen LogP contribution in [0.25, 0.3) is 0 Å². The molecule has 1 unspecified atom stereocenters. The molecule has 1 nitrogen and oxygen atoms in total. The topological polar surface area (TPSA) is 12.0 Å². The molecule has 0 aromatic rings. The van der Waals surface area contributed by atoms with Crippen molar-refractivity contribution < 1.29 is 0 Å². The first kappa shape index (κ1) is 13.0. The summed E-state index contributed by atoms with van der Waals surface area (Å²) in [6.45, 7) is 17.2. The smallest absolute Gasteiger partial charge is 0.00619 e. The Morgan fingerprint density at radius 2 is 1.46 bits per heavy atom. The summed E-state index contributed by atoms with van der Waals surface area (Å²) in [5, 5.41) is 3.60. The molecule has 0 aliphatic heterocycles. The van der Waals surface area contributed by atoms with Crippen molar-refractivity contribution in [2.24, 2.45) is 17.3 Å². The van der Waals surface area contributed by atoms with Crippen LogP contribution in [-0.2, 0) is 0 Å². The summed E-state index contributed by atoms with van der Waals surface area (Å²) in [5.74, 6) is 1.46. The molecule has 0 aromatic carbocycles. The summed E-state index contributed by atoms with van der Waals surface area (Å²) in [6, 6.07) is 0.623. The lowest BCUT2D eigenvalue weighted by Gasteiger charge is -2.32. The van der Waals surface area contributed by atoms with E-state index in [2.05, 4.69) is 53.8 Å². The average Bonchev–Trinajstić information content (AvgIpc) is 1.99. The summed E-state index contributed by atoms with van der Waals surface area (Å²) < 4.78 is 0. The monoisotopic (exact) mass is 185 g/mol. The Labute approximate surface area is 84.3 Å². The molecule has 1 atom stereocenters. The van der Waals surface area contributed by atoms with Crippen LogP contribution in [0.5, 0.6) is 0 Å². The zero-order valence-corrected chi connectivity index (χ0v) is 10.4. The number of hydrogen-bond donors (Lipinski definition) is 1. The van der Waals surface area contributed by atoms with E-state index in [-0.39, 0.29) is 0 Å². The second-order valence-electron chi connectivity index (χ2n) is 5.56. The van der Waals surface area contributed by atoms with Gasteiger partial charge in [-0.25, -0.2) is 0 Å². The standard InChI is InChI=1S/C12H27N/c1-9(2)11(5)13-8-12(6,7)10(3)4/h9-11,13H,8H2,1-7H3. The first-order valence-corrected chi connectivity index (χ1v) is 5.50. The molecule has 0 saturated carbocycles. The van der Waals surface area contributed by atoms with E-state index in [4.69, 9.17) is 0 Å². The zero-order chi connectivity index (χ0) is 10.6. The minimum absolute atomic E-state index is 0.406. The van der Waals surface area contributed by atoms with Gasteiger partial charge in [0.1, 0.15) is 0 Å². The maximum Gasteiger partial charge on any atom is 0.00619 e. The van der Waals surface area contributed by atoms with Gasteiger partial charge >= 0.3 is 0 Å². The molecular weight excluding hydrogens is 158 g/mol. The molecule has 13 heavy (non-hydrogen) atoms. The number of rotatable bonds is 5. The highest BCUT2D eigenvalue weighted by Crippen LogP contribution is 2.25. The van der Waals surface area contributed by atoms with Crippen molar-refractivity contribution in [1.82, 2.24) is 5.32 Å². The van der Waals surface area contributed by atoms with Crippen LogP contribution in [0.4, 0.5) is 0 Å². The summed E-state index contributed by atoms with van der Waals surface area (Å²) >= 11 is 0. The van der Waals surface area contributed by atoms with Crippen molar-refractivity contribution in [3.05, 3.63) is 0 Å². The third-order valence-corrected chi connectivity index (χ3v) is 3.44. The summed E-state index contributed by atoms with van der Waals surface area (Å²) in [5.41, 5.74) is 0.406. The second-order valence-corrected chi connectivity index (χ2v) is 5.56. The third kappa shape index (κ3) is 4.66. The maximum atomic E-state index is 3.60. The van der Waals surface area contributed by atoms with Crippen LogP contribution >= 0.6 is 0 Å². The lowest BCUT2D eigenvalue weighted by molar-refractivity contribution is 0.221. The fourth-order valence-corrected chi connectivity index (χ4v) is 0.864. The van der Waals surface area contributed by atoms with Gasteiger partial charge in [-0.1, -0.05) is 41.5 Å². The van der Waals surface area contributed by atoms with Gasteiger partial charge in [-0.2, -0.15) is 0 Å².